The fraction of sp³-hybridized carbons (Fsp3) is 0.220. The van der Waals surface area contributed by atoms with Crippen molar-refractivity contribution in [2.45, 2.75) is 37.3 Å². The van der Waals surface area contributed by atoms with Crippen LogP contribution in [0.4, 0.5) is 0 Å². The number of hydrogen-bond donors (Lipinski definition) is 3. The van der Waals surface area contributed by atoms with Crippen LogP contribution in [0, 0.1) is 0 Å². The zero-order chi connectivity index (χ0) is 33.9. The summed E-state index contributed by atoms with van der Waals surface area (Å²) in [6.45, 7) is 1.09. The fourth-order valence-corrected chi connectivity index (χ4v) is 6.22. The Labute approximate surface area is 296 Å². The van der Waals surface area contributed by atoms with Crippen LogP contribution in [0.5, 0.6) is 5.75 Å². The van der Waals surface area contributed by atoms with Crippen LogP contribution in [0.3, 0.4) is 0 Å². The second kappa shape index (κ2) is 16.6. The number of aliphatic imine (C=N–C) groups is 1. The van der Waals surface area contributed by atoms with E-state index in [1.54, 1.807) is 0 Å². The molecule has 0 fully saturated rings. The van der Waals surface area contributed by atoms with Crippen LogP contribution < -0.4 is 15.6 Å². The Hall–Kier alpha value is -4.76. The van der Waals surface area contributed by atoms with E-state index in [0.29, 0.717) is 37.6 Å². The predicted molar refractivity (Wildman–Crippen MR) is 197 cm³/mol. The van der Waals surface area contributed by atoms with Gasteiger partial charge in [0, 0.05) is 36.0 Å². The summed E-state index contributed by atoms with van der Waals surface area (Å²) < 4.78 is 13.4. The van der Waals surface area contributed by atoms with Crippen molar-refractivity contribution in [3.8, 4) is 16.9 Å². The molecule has 0 bridgehead atoms. The number of aryl methyl sites for hydroxylation is 1. The van der Waals surface area contributed by atoms with E-state index in [2.05, 4.69) is 63.2 Å². The molecule has 6 rings (SSSR count). The SMILES string of the molecule is O=C(NNCCCc1ccccc1)[C@@]1(Cc2ccc(Br)cc2)N=C(c2ccc(OCCCO)cc2)O[C@H]1c1ccc(-c2ccccc2)cc1. The molecule has 5 aromatic carbocycles. The molecule has 49 heavy (non-hydrogen) atoms. The minimum atomic E-state index is -1.32. The summed E-state index contributed by atoms with van der Waals surface area (Å²) in [5, 5.41) is 9.11. The van der Waals surface area contributed by atoms with Crippen molar-refractivity contribution >= 4 is 27.7 Å². The van der Waals surface area contributed by atoms with E-state index in [0.717, 1.165) is 45.1 Å². The van der Waals surface area contributed by atoms with Crippen LogP contribution in [-0.4, -0.2) is 42.2 Å². The lowest BCUT2D eigenvalue weighted by molar-refractivity contribution is -0.130. The number of benzene rings is 5. The topological polar surface area (TPSA) is 92.2 Å². The zero-order valence-corrected chi connectivity index (χ0v) is 28.8. The first-order valence-corrected chi connectivity index (χ1v) is 17.4. The molecule has 2 atom stereocenters. The number of hydrazine groups is 1. The molecule has 7 nitrogen and oxygen atoms in total. The molecule has 0 aromatic heterocycles. The zero-order valence-electron chi connectivity index (χ0n) is 27.2. The number of ether oxygens (including phenoxy) is 2. The van der Waals surface area contributed by atoms with Crippen LogP contribution in [0.1, 0.15) is 41.2 Å². The first-order chi connectivity index (χ1) is 24.0. The lowest BCUT2D eigenvalue weighted by Crippen LogP contribution is -2.54. The summed E-state index contributed by atoms with van der Waals surface area (Å²) in [6, 6.07) is 44.1. The van der Waals surface area contributed by atoms with E-state index in [9.17, 15) is 4.79 Å². The lowest BCUT2D eigenvalue weighted by atomic mass is 9.82. The van der Waals surface area contributed by atoms with Gasteiger partial charge in [-0.25, -0.2) is 10.4 Å². The number of amides is 1. The molecular weight excluding hydrogens is 678 g/mol. The minimum absolute atomic E-state index is 0.0703. The number of nitrogens with zero attached hydrogens (tertiary/aromatic N) is 1. The number of hydrogen-bond acceptors (Lipinski definition) is 6. The molecule has 0 unspecified atom stereocenters. The number of nitrogens with one attached hydrogen (secondary N) is 2. The van der Waals surface area contributed by atoms with Crippen molar-refractivity contribution in [1.82, 2.24) is 10.9 Å². The Morgan fingerprint density at radius 1 is 0.776 bits per heavy atom. The van der Waals surface area contributed by atoms with Crippen LogP contribution >= 0.6 is 15.9 Å². The number of rotatable bonds is 15. The number of aliphatic hydroxyl groups is 1. The second-order valence-corrected chi connectivity index (χ2v) is 13.0. The number of halogens is 1. The highest BCUT2D eigenvalue weighted by atomic mass is 79.9. The van der Waals surface area contributed by atoms with E-state index in [-0.39, 0.29) is 12.5 Å². The van der Waals surface area contributed by atoms with Gasteiger partial charge in [0.2, 0.25) is 5.90 Å². The Morgan fingerprint density at radius 2 is 1.43 bits per heavy atom. The van der Waals surface area contributed by atoms with Gasteiger partial charge in [-0.2, -0.15) is 0 Å². The molecule has 3 N–H and O–H groups in total. The first-order valence-electron chi connectivity index (χ1n) is 16.6. The smallest absolute Gasteiger partial charge is 0.266 e. The summed E-state index contributed by atoms with van der Waals surface area (Å²) in [5.41, 5.74) is 10.8. The van der Waals surface area contributed by atoms with Crippen molar-refractivity contribution in [3.05, 3.63) is 160 Å². The monoisotopic (exact) mass is 717 g/mol. The standard InChI is InChI=1S/C41H40BrN3O4/c42-36-22-14-31(15-23-36)29-41(40(47)45-43-26-7-11-30-9-3-1-4-10-30)38(34-18-16-33(17-19-34)32-12-5-2-6-13-32)49-39(44-41)35-20-24-37(25-21-35)48-28-8-27-46/h1-6,9-10,12-25,38,43,46H,7-8,11,26-29H2,(H,45,47)/t38-,41-/m0/s1. The number of carbonyl (C=O) groups is 1. The molecule has 0 spiro atoms. The summed E-state index contributed by atoms with van der Waals surface area (Å²) in [4.78, 5) is 19.7. The fourth-order valence-electron chi connectivity index (χ4n) is 5.95. The predicted octanol–water partition coefficient (Wildman–Crippen LogP) is 7.63. The summed E-state index contributed by atoms with van der Waals surface area (Å²) in [5.74, 6) is 0.795. The van der Waals surface area contributed by atoms with Crippen LogP contribution in [0.25, 0.3) is 11.1 Å². The molecule has 250 valence electrons. The largest absolute Gasteiger partial charge is 0.494 e. The third-order valence-electron chi connectivity index (χ3n) is 8.55. The first kappa shape index (κ1) is 34.1. The van der Waals surface area contributed by atoms with E-state index in [1.807, 2.05) is 97.1 Å². The molecule has 1 aliphatic rings. The van der Waals surface area contributed by atoms with Crippen LogP contribution in [-0.2, 0) is 22.4 Å². The van der Waals surface area contributed by atoms with Gasteiger partial charge in [0.1, 0.15) is 5.75 Å². The Bertz CT molecular complexity index is 1820. The highest BCUT2D eigenvalue weighted by Crippen LogP contribution is 2.43. The average molecular weight is 719 g/mol. The van der Waals surface area contributed by atoms with E-state index in [4.69, 9.17) is 19.6 Å². The molecule has 0 saturated heterocycles. The Morgan fingerprint density at radius 3 is 2.12 bits per heavy atom. The number of carbonyl (C=O) groups excluding carboxylic acids is 1. The van der Waals surface area contributed by atoms with E-state index >= 15 is 0 Å². The van der Waals surface area contributed by atoms with Crippen molar-refractivity contribution in [2.24, 2.45) is 4.99 Å². The van der Waals surface area contributed by atoms with Gasteiger partial charge in [-0.15, -0.1) is 0 Å². The molecule has 0 saturated carbocycles. The van der Waals surface area contributed by atoms with Gasteiger partial charge < -0.3 is 14.6 Å². The van der Waals surface area contributed by atoms with E-state index in [1.165, 1.54) is 5.56 Å². The molecule has 0 aliphatic carbocycles. The third-order valence-corrected chi connectivity index (χ3v) is 9.08. The van der Waals surface area contributed by atoms with Crippen molar-refractivity contribution in [2.75, 3.05) is 19.8 Å². The van der Waals surface area contributed by atoms with Gasteiger partial charge >= 0.3 is 0 Å². The molecule has 1 aliphatic heterocycles. The van der Waals surface area contributed by atoms with Crippen LogP contribution in [0.15, 0.2) is 143 Å². The van der Waals surface area contributed by atoms with Crippen LogP contribution in [0.2, 0.25) is 0 Å². The van der Waals surface area contributed by atoms with Gasteiger partial charge in [-0.3, -0.25) is 10.2 Å². The molecule has 8 heteroatoms. The summed E-state index contributed by atoms with van der Waals surface area (Å²) >= 11 is 3.54. The van der Waals surface area contributed by atoms with Gasteiger partial charge in [-0.05, 0) is 77.1 Å². The van der Waals surface area contributed by atoms with Crippen molar-refractivity contribution < 1.29 is 19.4 Å². The van der Waals surface area contributed by atoms with Crippen molar-refractivity contribution in [1.29, 1.82) is 0 Å². The lowest BCUT2D eigenvalue weighted by Gasteiger charge is -2.31. The minimum Gasteiger partial charge on any atom is -0.494 e. The molecule has 1 amide bonds. The highest BCUT2D eigenvalue weighted by molar-refractivity contribution is 9.10. The average Bonchev–Trinajstić information content (AvgIpc) is 3.54. The summed E-state index contributed by atoms with van der Waals surface area (Å²) in [7, 11) is 0. The van der Waals surface area contributed by atoms with E-state index < -0.39 is 11.6 Å². The quantitative estimate of drug-likeness (QED) is 0.0766. The van der Waals surface area contributed by atoms with Gasteiger partial charge in [-0.1, -0.05) is 113 Å². The maximum atomic E-state index is 14.5. The Balaban J connectivity index is 1.32. The van der Waals surface area contributed by atoms with Gasteiger partial charge in [0.25, 0.3) is 5.91 Å². The number of aliphatic hydroxyl groups excluding tert-OH is 1. The van der Waals surface area contributed by atoms with Gasteiger partial charge in [0.15, 0.2) is 11.6 Å². The second-order valence-electron chi connectivity index (χ2n) is 12.1. The molecular formula is C41H40BrN3O4. The summed E-state index contributed by atoms with van der Waals surface area (Å²) in [6.07, 6.45) is 1.91. The molecule has 1 heterocycles. The van der Waals surface area contributed by atoms with Gasteiger partial charge in [0.05, 0.1) is 6.61 Å². The normalized spacial score (nSPS) is 16.9. The van der Waals surface area contributed by atoms with Crippen molar-refractivity contribution in [3.63, 3.8) is 0 Å². The Kier molecular flexibility index (Phi) is 11.5. The highest BCUT2D eigenvalue weighted by Gasteiger charge is 2.53. The maximum Gasteiger partial charge on any atom is 0.266 e. The maximum absolute atomic E-state index is 14.5. The molecule has 5 aromatic rings. The third kappa shape index (κ3) is 8.64. The molecule has 0 radical (unpaired) electrons.